The van der Waals surface area contributed by atoms with Crippen LogP contribution in [0.4, 0.5) is 13.2 Å². The van der Waals surface area contributed by atoms with Crippen molar-refractivity contribution in [1.82, 2.24) is 15.1 Å². The monoisotopic (exact) mass is 531 g/mol. The molecule has 3 rings (SSSR count). The van der Waals surface area contributed by atoms with Gasteiger partial charge in [0.15, 0.2) is 0 Å². The molecule has 0 saturated carbocycles. The maximum absolute atomic E-state index is 12.5. The minimum atomic E-state index is -5.08. The van der Waals surface area contributed by atoms with E-state index in [-0.39, 0.29) is 34.4 Å². The Morgan fingerprint density at radius 2 is 1.67 bits per heavy atom. The molecular weight excluding hydrogens is 503 g/mol. The van der Waals surface area contributed by atoms with Gasteiger partial charge in [-0.2, -0.15) is 13.2 Å². The number of thioether (sulfide) groups is 3. The fourth-order valence-electron chi connectivity index (χ4n) is 3.24. The SMILES string of the molecule is CSC(C)(C)C(=O)NC1CC(=O)N(C2CN(C(=O)C3SCCCS3)C2)C1.O=C(O)C(F)(F)F. The van der Waals surface area contributed by atoms with Gasteiger partial charge >= 0.3 is 12.1 Å². The number of aliphatic carboxylic acids is 1. The van der Waals surface area contributed by atoms with Crippen molar-refractivity contribution in [3.8, 4) is 0 Å². The summed E-state index contributed by atoms with van der Waals surface area (Å²) in [6, 6.07) is -0.0314. The highest BCUT2D eigenvalue weighted by Gasteiger charge is 2.44. The molecule has 188 valence electrons. The molecule has 0 aromatic carbocycles. The van der Waals surface area contributed by atoms with E-state index in [1.54, 1.807) is 23.5 Å². The van der Waals surface area contributed by atoms with Crippen LogP contribution in [0.5, 0.6) is 0 Å². The van der Waals surface area contributed by atoms with Gasteiger partial charge in [0.1, 0.15) is 4.58 Å². The molecule has 2 N–H and O–H groups in total. The van der Waals surface area contributed by atoms with Gasteiger partial charge in [-0.3, -0.25) is 14.4 Å². The highest BCUT2D eigenvalue weighted by Crippen LogP contribution is 2.34. The molecule has 33 heavy (non-hydrogen) atoms. The van der Waals surface area contributed by atoms with Gasteiger partial charge in [-0.25, -0.2) is 4.79 Å². The van der Waals surface area contributed by atoms with Crippen molar-refractivity contribution < 1.29 is 37.5 Å². The molecule has 14 heteroatoms. The van der Waals surface area contributed by atoms with Gasteiger partial charge in [0.05, 0.1) is 16.8 Å². The highest BCUT2D eigenvalue weighted by molar-refractivity contribution is 8.18. The molecule has 0 aliphatic carbocycles. The van der Waals surface area contributed by atoms with Crippen molar-refractivity contribution in [2.24, 2.45) is 0 Å². The summed E-state index contributed by atoms with van der Waals surface area (Å²) in [5.41, 5.74) is 0. The Kier molecular flexibility index (Phi) is 9.69. The van der Waals surface area contributed by atoms with Crippen LogP contribution in [0.2, 0.25) is 0 Å². The molecule has 0 spiro atoms. The largest absolute Gasteiger partial charge is 0.490 e. The number of carbonyl (C=O) groups is 4. The third-order valence-electron chi connectivity index (χ3n) is 5.44. The van der Waals surface area contributed by atoms with Crippen LogP contribution in [0.25, 0.3) is 0 Å². The lowest BCUT2D eigenvalue weighted by molar-refractivity contribution is -0.192. The summed E-state index contributed by atoms with van der Waals surface area (Å²) in [7, 11) is 0. The first-order valence-corrected chi connectivity index (χ1v) is 13.6. The summed E-state index contributed by atoms with van der Waals surface area (Å²) < 4.78 is 31.3. The average molecular weight is 532 g/mol. The first kappa shape index (κ1) is 28.0. The number of nitrogens with zero attached hydrogens (tertiary/aromatic N) is 2. The van der Waals surface area contributed by atoms with Crippen molar-refractivity contribution in [2.45, 2.75) is 54.3 Å². The van der Waals surface area contributed by atoms with Crippen LogP contribution in [0.1, 0.15) is 26.7 Å². The van der Waals surface area contributed by atoms with Gasteiger partial charge in [-0.05, 0) is 38.0 Å². The van der Waals surface area contributed by atoms with Gasteiger partial charge < -0.3 is 20.2 Å². The first-order valence-electron chi connectivity index (χ1n) is 10.2. The molecule has 3 amide bonds. The number of carbonyl (C=O) groups excluding carboxylic acids is 3. The number of alkyl halides is 3. The summed E-state index contributed by atoms with van der Waals surface area (Å²) >= 11 is 4.97. The molecule has 0 bridgehead atoms. The standard InChI is InChI=1S/C17H27N3O3S3.C2HF3O2/c1-17(2,24-3)16(23)18-11-7-13(21)20(8-11)12-9-19(10-12)14(22)15-25-5-4-6-26-15;3-2(4,5)1(6)7/h11-12,15H,4-10H2,1-3H3,(H,18,23);(H,6,7). The smallest absolute Gasteiger partial charge is 0.475 e. The Hall–Kier alpha value is -1.28. The Morgan fingerprint density at radius 1 is 1.12 bits per heavy atom. The van der Waals surface area contributed by atoms with Crippen molar-refractivity contribution in [3.05, 3.63) is 0 Å². The van der Waals surface area contributed by atoms with Crippen LogP contribution >= 0.6 is 35.3 Å². The van der Waals surface area contributed by atoms with Crippen LogP contribution in [-0.2, 0) is 19.2 Å². The Bertz CT molecular complexity index is 757. The van der Waals surface area contributed by atoms with Gasteiger partial charge in [-0.1, -0.05) is 0 Å². The number of hydrogen-bond donors (Lipinski definition) is 2. The third kappa shape index (κ3) is 7.61. The van der Waals surface area contributed by atoms with Gasteiger partial charge in [0.25, 0.3) is 0 Å². The number of carboxylic acids is 1. The predicted molar refractivity (Wildman–Crippen MR) is 123 cm³/mol. The van der Waals surface area contributed by atoms with E-state index in [4.69, 9.17) is 9.90 Å². The number of nitrogens with one attached hydrogen (secondary N) is 1. The van der Waals surface area contributed by atoms with E-state index in [0.29, 0.717) is 26.1 Å². The number of halogens is 3. The molecule has 3 heterocycles. The fourth-order valence-corrected chi connectivity index (χ4v) is 6.27. The summed E-state index contributed by atoms with van der Waals surface area (Å²) in [6.07, 6.45) is -1.64. The number of carboxylic acid groups (broad SMARTS) is 1. The number of rotatable bonds is 5. The average Bonchev–Trinajstić information content (AvgIpc) is 3.06. The second-order valence-electron chi connectivity index (χ2n) is 8.26. The topological polar surface area (TPSA) is 107 Å². The molecular formula is C19H28F3N3O5S3. The first-order chi connectivity index (χ1) is 15.3. The summed E-state index contributed by atoms with van der Waals surface area (Å²) in [5, 5.41) is 10.1. The van der Waals surface area contributed by atoms with Gasteiger partial charge in [0.2, 0.25) is 17.7 Å². The molecule has 0 aromatic heterocycles. The summed E-state index contributed by atoms with van der Waals surface area (Å²) in [5.74, 6) is -0.392. The normalized spacial score (nSPS) is 22.4. The number of likely N-dealkylation sites (tertiary alicyclic amines) is 2. The van der Waals surface area contributed by atoms with Crippen LogP contribution in [0.15, 0.2) is 0 Å². The van der Waals surface area contributed by atoms with E-state index < -0.39 is 16.9 Å². The van der Waals surface area contributed by atoms with Crippen LogP contribution in [0, 0.1) is 0 Å². The second-order valence-corrected chi connectivity index (χ2v) is 12.4. The molecule has 3 aliphatic heterocycles. The summed E-state index contributed by atoms with van der Waals surface area (Å²) in [6.45, 7) is 5.57. The van der Waals surface area contributed by atoms with Gasteiger partial charge in [0, 0.05) is 26.1 Å². The molecule has 3 fully saturated rings. The summed E-state index contributed by atoms with van der Waals surface area (Å²) in [4.78, 5) is 49.8. The van der Waals surface area contributed by atoms with E-state index in [9.17, 15) is 27.6 Å². The van der Waals surface area contributed by atoms with Crippen molar-refractivity contribution in [2.75, 3.05) is 37.4 Å². The molecule has 0 radical (unpaired) electrons. The molecule has 3 saturated heterocycles. The van der Waals surface area contributed by atoms with E-state index in [0.717, 1.165) is 11.5 Å². The maximum atomic E-state index is 12.5. The lowest BCUT2D eigenvalue weighted by Gasteiger charge is -2.45. The highest BCUT2D eigenvalue weighted by atomic mass is 32.2. The molecule has 8 nitrogen and oxygen atoms in total. The van der Waals surface area contributed by atoms with E-state index >= 15 is 0 Å². The van der Waals surface area contributed by atoms with E-state index in [1.165, 1.54) is 18.2 Å². The van der Waals surface area contributed by atoms with Crippen LogP contribution < -0.4 is 5.32 Å². The molecule has 0 aromatic rings. The zero-order chi connectivity index (χ0) is 25.0. The number of amides is 3. The van der Waals surface area contributed by atoms with E-state index in [1.807, 2.05) is 29.9 Å². The van der Waals surface area contributed by atoms with Crippen molar-refractivity contribution in [1.29, 1.82) is 0 Å². The lowest BCUT2D eigenvalue weighted by Crippen LogP contribution is -2.63. The maximum Gasteiger partial charge on any atom is 0.490 e. The van der Waals surface area contributed by atoms with E-state index in [2.05, 4.69) is 5.32 Å². The zero-order valence-electron chi connectivity index (χ0n) is 18.5. The minimum Gasteiger partial charge on any atom is -0.475 e. The number of hydrogen-bond acceptors (Lipinski definition) is 7. The minimum absolute atomic E-state index is 0.0265. The Balaban J connectivity index is 0.000000479. The van der Waals surface area contributed by atoms with Gasteiger partial charge in [-0.15, -0.1) is 35.3 Å². The third-order valence-corrected chi connectivity index (χ3v) is 9.52. The Morgan fingerprint density at radius 3 is 2.15 bits per heavy atom. The predicted octanol–water partition coefficient (Wildman–Crippen LogP) is 1.89. The lowest BCUT2D eigenvalue weighted by atomic mass is 10.1. The van der Waals surface area contributed by atoms with Crippen molar-refractivity contribution >= 4 is 59.0 Å². The fraction of sp³-hybridized carbons (Fsp3) is 0.789. The molecule has 1 atom stereocenters. The molecule has 1 unspecified atom stereocenters. The Labute approximate surface area is 203 Å². The van der Waals surface area contributed by atoms with Crippen molar-refractivity contribution in [3.63, 3.8) is 0 Å². The zero-order valence-corrected chi connectivity index (χ0v) is 21.0. The molecule has 3 aliphatic rings. The second kappa shape index (κ2) is 11.4. The van der Waals surface area contributed by atoms with Crippen LogP contribution in [0.3, 0.4) is 0 Å². The quantitative estimate of drug-likeness (QED) is 0.554. The van der Waals surface area contributed by atoms with Crippen LogP contribution in [-0.4, -0.2) is 104 Å².